The van der Waals surface area contributed by atoms with E-state index in [1.807, 2.05) is 30.3 Å². The van der Waals surface area contributed by atoms with E-state index in [1.54, 1.807) is 6.26 Å². The second-order valence-electron chi connectivity index (χ2n) is 6.23. The highest BCUT2D eigenvalue weighted by molar-refractivity contribution is 5.71. The van der Waals surface area contributed by atoms with E-state index in [4.69, 9.17) is 9.40 Å². The van der Waals surface area contributed by atoms with Crippen LogP contribution in [0.2, 0.25) is 0 Å². The zero-order valence-corrected chi connectivity index (χ0v) is 13.9. The lowest BCUT2D eigenvalue weighted by Gasteiger charge is -2.33. The molecule has 0 aliphatic carbocycles. The number of benzene rings is 1. The van der Waals surface area contributed by atoms with Crippen molar-refractivity contribution in [2.45, 2.75) is 0 Å². The first-order valence-corrected chi connectivity index (χ1v) is 8.34. The van der Waals surface area contributed by atoms with Crippen LogP contribution in [0.3, 0.4) is 0 Å². The Morgan fingerprint density at radius 2 is 1.67 bits per heavy atom. The van der Waals surface area contributed by atoms with E-state index in [1.165, 1.54) is 0 Å². The lowest BCUT2D eigenvalue weighted by atomic mass is 10.1. The van der Waals surface area contributed by atoms with E-state index in [0.29, 0.717) is 0 Å². The van der Waals surface area contributed by atoms with Crippen molar-refractivity contribution < 1.29 is 4.42 Å². The Morgan fingerprint density at radius 1 is 0.875 bits per heavy atom. The van der Waals surface area contributed by atoms with Crippen molar-refractivity contribution in [1.82, 2.24) is 9.88 Å². The maximum absolute atomic E-state index is 5.62. The monoisotopic (exact) mass is 319 g/mol. The molecule has 0 spiro atoms. The van der Waals surface area contributed by atoms with E-state index >= 15 is 0 Å². The van der Waals surface area contributed by atoms with E-state index in [-0.39, 0.29) is 0 Å². The molecular weight excluding hydrogens is 298 g/mol. The highest BCUT2D eigenvalue weighted by atomic mass is 16.3. The Hall–Kier alpha value is -2.59. The summed E-state index contributed by atoms with van der Waals surface area (Å²) in [6.45, 7) is 4.12. The molecule has 0 bridgehead atoms. The van der Waals surface area contributed by atoms with Crippen molar-refractivity contribution in [1.29, 1.82) is 0 Å². The fourth-order valence-electron chi connectivity index (χ4n) is 3.06. The minimum Gasteiger partial charge on any atom is -0.464 e. The highest BCUT2D eigenvalue weighted by Crippen LogP contribution is 2.29. The van der Waals surface area contributed by atoms with Gasteiger partial charge in [-0.1, -0.05) is 30.3 Å². The first-order chi connectivity index (χ1) is 11.8. The Labute approximate surface area is 142 Å². The smallest absolute Gasteiger partial charge is 0.134 e. The number of piperazine rings is 1. The van der Waals surface area contributed by atoms with Crippen LogP contribution >= 0.6 is 0 Å². The van der Waals surface area contributed by atoms with E-state index in [0.717, 1.165) is 54.6 Å². The molecule has 4 heteroatoms. The molecule has 122 valence electrons. The van der Waals surface area contributed by atoms with Crippen LogP contribution in [0, 0.1) is 0 Å². The maximum Gasteiger partial charge on any atom is 0.134 e. The minimum atomic E-state index is 0.880. The normalized spacial score (nSPS) is 15.6. The van der Waals surface area contributed by atoms with Crippen LogP contribution in [0.4, 0.5) is 5.82 Å². The van der Waals surface area contributed by atoms with Crippen LogP contribution in [0.1, 0.15) is 0 Å². The van der Waals surface area contributed by atoms with Crippen molar-refractivity contribution in [3.63, 3.8) is 0 Å². The molecular formula is C20H21N3O. The van der Waals surface area contributed by atoms with Gasteiger partial charge in [0.05, 0.1) is 12.0 Å². The van der Waals surface area contributed by atoms with Gasteiger partial charge in [-0.05, 0) is 31.3 Å². The molecule has 0 amide bonds. The van der Waals surface area contributed by atoms with E-state index in [2.05, 4.69) is 41.1 Å². The number of hydrogen-bond acceptors (Lipinski definition) is 4. The Kier molecular flexibility index (Phi) is 4.05. The summed E-state index contributed by atoms with van der Waals surface area (Å²) in [6, 6.07) is 18.5. The second kappa shape index (κ2) is 6.49. The third-order valence-corrected chi connectivity index (χ3v) is 4.51. The molecule has 1 aromatic carbocycles. The molecule has 4 rings (SSSR count). The second-order valence-corrected chi connectivity index (χ2v) is 6.23. The average Bonchev–Trinajstić information content (AvgIpc) is 3.17. The third-order valence-electron chi connectivity index (χ3n) is 4.51. The van der Waals surface area contributed by atoms with Gasteiger partial charge in [0.2, 0.25) is 0 Å². The van der Waals surface area contributed by atoms with Crippen molar-refractivity contribution >= 4 is 5.82 Å². The van der Waals surface area contributed by atoms with Crippen molar-refractivity contribution in [2.75, 3.05) is 38.1 Å². The molecule has 1 fully saturated rings. The summed E-state index contributed by atoms with van der Waals surface area (Å²) in [7, 11) is 2.17. The predicted octanol–water partition coefficient (Wildman–Crippen LogP) is 3.76. The minimum absolute atomic E-state index is 0.880. The van der Waals surface area contributed by atoms with Gasteiger partial charge in [0.15, 0.2) is 0 Å². The van der Waals surface area contributed by atoms with Gasteiger partial charge in [-0.15, -0.1) is 0 Å². The summed E-state index contributed by atoms with van der Waals surface area (Å²) in [5.74, 6) is 1.90. The molecule has 0 radical (unpaired) electrons. The van der Waals surface area contributed by atoms with Crippen molar-refractivity contribution in [3.8, 4) is 22.6 Å². The first-order valence-electron chi connectivity index (χ1n) is 8.34. The lowest BCUT2D eigenvalue weighted by Crippen LogP contribution is -2.44. The van der Waals surface area contributed by atoms with Crippen LogP contribution in [-0.4, -0.2) is 43.1 Å². The van der Waals surface area contributed by atoms with Crippen LogP contribution < -0.4 is 4.90 Å². The zero-order valence-electron chi connectivity index (χ0n) is 13.9. The summed E-state index contributed by atoms with van der Waals surface area (Å²) in [4.78, 5) is 9.64. The summed E-state index contributed by atoms with van der Waals surface area (Å²) >= 11 is 0. The standard InChI is InChI=1S/C20H21N3O/c1-22-9-11-23(12-10-22)20-15-17(19-8-5-13-24-19)14-18(21-20)16-6-3-2-4-7-16/h2-8,13-15H,9-12H2,1H3. The van der Waals surface area contributed by atoms with E-state index in [9.17, 15) is 0 Å². The number of hydrogen-bond donors (Lipinski definition) is 0. The molecule has 0 atom stereocenters. The molecule has 0 unspecified atom stereocenters. The summed E-state index contributed by atoms with van der Waals surface area (Å²) < 4.78 is 5.62. The lowest BCUT2D eigenvalue weighted by molar-refractivity contribution is 0.312. The van der Waals surface area contributed by atoms with Gasteiger partial charge in [-0.25, -0.2) is 4.98 Å². The number of anilines is 1. The largest absolute Gasteiger partial charge is 0.464 e. The molecule has 0 N–H and O–H groups in total. The quantitative estimate of drug-likeness (QED) is 0.736. The number of aromatic nitrogens is 1. The van der Waals surface area contributed by atoms with Crippen molar-refractivity contribution in [3.05, 3.63) is 60.9 Å². The highest BCUT2D eigenvalue weighted by Gasteiger charge is 2.17. The fraction of sp³-hybridized carbons (Fsp3) is 0.250. The van der Waals surface area contributed by atoms with Crippen LogP contribution in [0.5, 0.6) is 0 Å². The van der Waals surface area contributed by atoms with Gasteiger partial charge in [-0.3, -0.25) is 0 Å². The molecule has 1 saturated heterocycles. The fourth-order valence-corrected chi connectivity index (χ4v) is 3.06. The van der Waals surface area contributed by atoms with Gasteiger partial charge in [0, 0.05) is 37.3 Å². The van der Waals surface area contributed by atoms with Gasteiger partial charge in [0.1, 0.15) is 11.6 Å². The Balaban J connectivity index is 1.77. The van der Waals surface area contributed by atoms with Gasteiger partial charge >= 0.3 is 0 Å². The molecule has 3 heterocycles. The average molecular weight is 319 g/mol. The number of pyridine rings is 1. The number of nitrogens with zero attached hydrogens (tertiary/aromatic N) is 3. The molecule has 0 saturated carbocycles. The van der Waals surface area contributed by atoms with Gasteiger partial charge in [0.25, 0.3) is 0 Å². The van der Waals surface area contributed by atoms with Crippen LogP contribution in [-0.2, 0) is 0 Å². The number of likely N-dealkylation sites (N-methyl/N-ethyl adjacent to an activating group) is 1. The SMILES string of the molecule is CN1CCN(c2cc(-c3ccco3)cc(-c3ccccc3)n2)CC1. The molecule has 4 nitrogen and oxygen atoms in total. The Morgan fingerprint density at radius 3 is 2.38 bits per heavy atom. The molecule has 2 aromatic heterocycles. The maximum atomic E-state index is 5.62. The number of rotatable bonds is 3. The molecule has 3 aromatic rings. The summed E-state index contributed by atoms with van der Waals surface area (Å²) in [5.41, 5.74) is 3.18. The number of furan rings is 1. The van der Waals surface area contributed by atoms with Crippen LogP contribution in [0.15, 0.2) is 65.3 Å². The topological polar surface area (TPSA) is 32.5 Å². The summed E-state index contributed by atoms with van der Waals surface area (Å²) in [6.07, 6.45) is 1.72. The zero-order chi connectivity index (χ0) is 16.4. The van der Waals surface area contributed by atoms with Crippen LogP contribution in [0.25, 0.3) is 22.6 Å². The predicted molar refractivity (Wildman–Crippen MR) is 97.1 cm³/mol. The van der Waals surface area contributed by atoms with Crippen molar-refractivity contribution in [2.24, 2.45) is 0 Å². The Bertz CT molecular complexity index is 791. The first kappa shape index (κ1) is 15.0. The third kappa shape index (κ3) is 3.05. The molecule has 1 aliphatic rings. The van der Waals surface area contributed by atoms with Gasteiger partial charge in [-0.2, -0.15) is 0 Å². The van der Waals surface area contributed by atoms with E-state index < -0.39 is 0 Å². The summed E-state index contributed by atoms with van der Waals surface area (Å²) in [5, 5.41) is 0. The molecule has 24 heavy (non-hydrogen) atoms. The van der Waals surface area contributed by atoms with Gasteiger partial charge < -0.3 is 14.2 Å². The molecule has 1 aliphatic heterocycles.